The van der Waals surface area contributed by atoms with E-state index in [-0.39, 0.29) is 5.91 Å². The first kappa shape index (κ1) is 16.8. The van der Waals surface area contributed by atoms with Gasteiger partial charge in [0.1, 0.15) is 5.75 Å². The number of methoxy groups -OCH3 is 2. The number of carbonyl (C=O) groups excluding carboxylic acids is 2. The molecule has 0 fully saturated rings. The molecule has 0 aliphatic rings. The van der Waals surface area contributed by atoms with Gasteiger partial charge in [0.15, 0.2) is 0 Å². The van der Waals surface area contributed by atoms with Crippen LogP contribution < -0.4 is 10.1 Å². The van der Waals surface area contributed by atoms with Crippen molar-refractivity contribution in [2.24, 2.45) is 0 Å². The first-order valence-corrected chi connectivity index (χ1v) is 7.18. The topological polar surface area (TPSA) is 64.6 Å². The maximum Gasteiger partial charge on any atom is 0.337 e. The van der Waals surface area contributed by atoms with Crippen LogP contribution in [0.25, 0.3) is 0 Å². The average Bonchev–Trinajstić information content (AvgIpc) is 2.57. The Morgan fingerprint density at radius 3 is 2.22 bits per heavy atom. The van der Waals surface area contributed by atoms with Crippen molar-refractivity contribution in [1.82, 2.24) is 0 Å². The van der Waals surface area contributed by atoms with Gasteiger partial charge in [-0.05, 0) is 42.8 Å². The van der Waals surface area contributed by atoms with Crippen LogP contribution in [0.4, 0.5) is 5.69 Å². The Hall–Kier alpha value is -2.53. The molecule has 0 unspecified atom stereocenters. The van der Waals surface area contributed by atoms with Gasteiger partial charge < -0.3 is 14.8 Å². The van der Waals surface area contributed by atoms with Gasteiger partial charge in [-0.3, -0.25) is 4.79 Å². The molecule has 0 bridgehead atoms. The Labute approximate surface area is 139 Å². The van der Waals surface area contributed by atoms with Crippen LogP contribution in [0.3, 0.4) is 0 Å². The summed E-state index contributed by atoms with van der Waals surface area (Å²) in [5.41, 5.74) is 2.14. The molecule has 6 heteroatoms. The second-order valence-electron chi connectivity index (χ2n) is 4.82. The number of anilines is 1. The van der Waals surface area contributed by atoms with Crippen molar-refractivity contribution in [3.05, 3.63) is 58.1 Å². The lowest BCUT2D eigenvalue weighted by Crippen LogP contribution is -2.13. The van der Waals surface area contributed by atoms with E-state index >= 15 is 0 Å². The zero-order valence-electron chi connectivity index (χ0n) is 13.0. The highest BCUT2D eigenvalue weighted by atomic mass is 35.5. The number of hydrogen-bond acceptors (Lipinski definition) is 4. The molecule has 2 aromatic rings. The molecule has 1 N–H and O–H groups in total. The van der Waals surface area contributed by atoms with E-state index in [1.165, 1.54) is 26.4 Å². The summed E-state index contributed by atoms with van der Waals surface area (Å²) in [5.74, 6) is -0.298. The molecule has 0 saturated carbocycles. The third kappa shape index (κ3) is 3.81. The molecule has 0 radical (unpaired) electrons. The molecule has 0 aliphatic heterocycles. The van der Waals surface area contributed by atoms with E-state index in [1.807, 2.05) is 6.92 Å². The Balaban J connectivity index is 2.22. The fraction of sp³-hybridized carbons (Fsp3) is 0.176. The van der Waals surface area contributed by atoms with Crippen molar-refractivity contribution in [2.45, 2.75) is 6.92 Å². The molecule has 0 aliphatic carbocycles. The maximum absolute atomic E-state index is 12.3. The lowest BCUT2D eigenvalue weighted by molar-refractivity contribution is 0.0600. The average molecular weight is 334 g/mol. The molecule has 0 aromatic heterocycles. The largest absolute Gasteiger partial charge is 0.495 e. The van der Waals surface area contributed by atoms with Crippen molar-refractivity contribution >= 4 is 29.2 Å². The van der Waals surface area contributed by atoms with Gasteiger partial charge in [0, 0.05) is 16.7 Å². The predicted octanol–water partition coefficient (Wildman–Crippen LogP) is 3.70. The normalized spacial score (nSPS) is 10.1. The Bertz CT molecular complexity index is 741. The number of esters is 1. The molecule has 5 nitrogen and oxygen atoms in total. The third-order valence-corrected chi connectivity index (χ3v) is 3.70. The number of rotatable bonds is 4. The number of benzene rings is 2. The lowest BCUT2D eigenvalue weighted by atomic mass is 10.1. The predicted molar refractivity (Wildman–Crippen MR) is 88.5 cm³/mol. The molecule has 2 rings (SSSR count). The van der Waals surface area contributed by atoms with Crippen LogP contribution in [-0.2, 0) is 4.74 Å². The van der Waals surface area contributed by atoms with E-state index in [2.05, 4.69) is 10.1 Å². The van der Waals surface area contributed by atoms with Crippen LogP contribution in [0, 0.1) is 6.92 Å². The van der Waals surface area contributed by atoms with Crippen molar-refractivity contribution in [1.29, 1.82) is 0 Å². The first-order valence-electron chi connectivity index (χ1n) is 6.80. The van der Waals surface area contributed by atoms with Crippen LogP contribution in [-0.4, -0.2) is 26.1 Å². The molecule has 0 saturated heterocycles. The molecular weight excluding hydrogens is 318 g/mol. The number of nitrogens with one attached hydrogen (secondary N) is 1. The maximum atomic E-state index is 12.3. The SMILES string of the molecule is COC(=O)c1ccc(C(=O)Nc2cc(C)c(Cl)cc2OC)cc1. The fourth-order valence-electron chi connectivity index (χ4n) is 2.00. The smallest absolute Gasteiger partial charge is 0.337 e. The summed E-state index contributed by atoms with van der Waals surface area (Å²) in [7, 11) is 2.81. The molecule has 0 heterocycles. The Morgan fingerprint density at radius 2 is 1.65 bits per heavy atom. The second kappa shape index (κ2) is 7.15. The number of carbonyl (C=O) groups is 2. The van der Waals surface area contributed by atoms with E-state index in [0.29, 0.717) is 27.6 Å². The quantitative estimate of drug-likeness (QED) is 0.866. The number of halogens is 1. The van der Waals surface area contributed by atoms with Gasteiger partial charge in [0.25, 0.3) is 5.91 Å². The van der Waals surface area contributed by atoms with Gasteiger partial charge in [0.2, 0.25) is 0 Å². The van der Waals surface area contributed by atoms with E-state index < -0.39 is 5.97 Å². The number of amides is 1. The zero-order chi connectivity index (χ0) is 17.0. The van der Waals surface area contributed by atoms with Gasteiger partial charge in [-0.15, -0.1) is 0 Å². The number of aryl methyl sites for hydroxylation is 1. The van der Waals surface area contributed by atoms with Crippen LogP contribution in [0.15, 0.2) is 36.4 Å². The zero-order valence-corrected chi connectivity index (χ0v) is 13.7. The third-order valence-electron chi connectivity index (χ3n) is 3.30. The van der Waals surface area contributed by atoms with Crippen molar-refractivity contribution in [3.63, 3.8) is 0 Å². The Kier molecular flexibility index (Phi) is 5.24. The van der Waals surface area contributed by atoms with Crippen molar-refractivity contribution < 1.29 is 19.1 Å². The van der Waals surface area contributed by atoms with E-state index in [4.69, 9.17) is 16.3 Å². The second-order valence-corrected chi connectivity index (χ2v) is 5.23. The highest BCUT2D eigenvalue weighted by Crippen LogP contribution is 2.31. The molecule has 1 amide bonds. The first-order chi connectivity index (χ1) is 11.0. The summed E-state index contributed by atoms with van der Waals surface area (Å²) in [5, 5.41) is 3.33. The van der Waals surface area contributed by atoms with Crippen molar-refractivity contribution in [3.8, 4) is 5.75 Å². The monoisotopic (exact) mass is 333 g/mol. The molecule has 23 heavy (non-hydrogen) atoms. The number of ether oxygens (including phenoxy) is 2. The van der Waals surface area contributed by atoms with Crippen LogP contribution in [0.1, 0.15) is 26.3 Å². The van der Waals surface area contributed by atoms with Gasteiger partial charge in [-0.25, -0.2) is 4.79 Å². The highest BCUT2D eigenvalue weighted by molar-refractivity contribution is 6.31. The van der Waals surface area contributed by atoms with E-state index in [0.717, 1.165) is 5.56 Å². The summed E-state index contributed by atoms with van der Waals surface area (Å²) in [6, 6.07) is 9.55. The summed E-state index contributed by atoms with van der Waals surface area (Å²) < 4.78 is 9.84. The lowest BCUT2D eigenvalue weighted by Gasteiger charge is -2.12. The van der Waals surface area contributed by atoms with Crippen LogP contribution in [0.2, 0.25) is 5.02 Å². The van der Waals surface area contributed by atoms with Gasteiger partial charge in [0.05, 0.1) is 25.5 Å². The summed E-state index contributed by atoms with van der Waals surface area (Å²) >= 11 is 6.04. The van der Waals surface area contributed by atoms with E-state index in [1.54, 1.807) is 24.3 Å². The van der Waals surface area contributed by atoms with Gasteiger partial charge in [-0.1, -0.05) is 11.6 Å². The molecule has 2 aromatic carbocycles. The number of hydrogen-bond donors (Lipinski definition) is 1. The molecule has 120 valence electrons. The molecule has 0 spiro atoms. The standard InChI is InChI=1S/C17H16ClNO4/c1-10-8-14(15(22-2)9-13(10)18)19-16(20)11-4-6-12(7-5-11)17(21)23-3/h4-9H,1-3H3,(H,19,20). The fourth-order valence-corrected chi connectivity index (χ4v) is 2.15. The van der Waals surface area contributed by atoms with Crippen LogP contribution >= 0.6 is 11.6 Å². The molecular formula is C17H16ClNO4. The minimum atomic E-state index is -0.452. The molecule has 0 atom stereocenters. The summed E-state index contributed by atoms with van der Waals surface area (Å²) in [6.45, 7) is 1.84. The van der Waals surface area contributed by atoms with Gasteiger partial charge in [-0.2, -0.15) is 0 Å². The van der Waals surface area contributed by atoms with Crippen LogP contribution in [0.5, 0.6) is 5.75 Å². The highest BCUT2D eigenvalue weighted by Gasteiger charge is 2.13. The minimum Gasteiger partial charge on any atom is -0.495 e. The summed E-state index contributed by atoms with van der Waals surface area (Å²) in [4.78, 5) is 23.7. The summed E-state index contributed by atoms with van der Waals surface area (Å²) in [6.07, 6.45) is 0. The van der Waals surface area contributed by atoms with Crippen molar-refractivity contribution in [2.75, 3.05) is 19.5 Å². The minimum absolute atomic E-state index is 0.318. The van der Waals surface area contributed by atoms with E-state index in [9.17, 15) is 9.59 Å². The van der Waals surface area contributed by atoms with Gasteiger partial charge >= 0.3 is 5.97 Å². The Morgan fingerprint density at radius 1 is 1.04 bits per heavy atom.